The van der Waals surface area contributed by atoms with Crippen molar-refractivity contribution in [1.29, 1.82) is 0 Å². The van der Waals surface area contributed by atoms with Crippen molar-refractivity contribution >= 4 is 22.5 Å². The highest BCUT2D eigenvalue weighted by Crippen LogP contribution is 2.30. The minimum Gasteiger partial charge on any atom is -0.369 e. The zero-order valence-electron chi connectivity index (χ0n) is 9.61. The molecule has 0 fully saturated rings. The van der Waals surface area contributed by atoms with Gasteiger partial charge in [-0.25, -0.2) is 0 Å². The van der Waals surface area contributed by atoms with Crippen LogP contribution in [0.25, 0.3) is 10.9 Å². The molecule has 90 valence electrons. The SMILES string of the molecule is CNCC1OCCn2nc3ccc(Cl)cc3c21. The summed E-state index contributed by atoms with van der Waals surface area (Å²) in [6.07, 6.45) is 0.0530. The van der Waals surface area contributed by atoms with E-state index in [0.717, 1.165) is 34.7 Å². The second kappa shape index (κ2) is 4.29. The summed E-state index contributed by atoms with van der Waals surface area (Å²) in [6, 6.07) is 5.79. The lowest BCUT2D eigenvalue weighted by Crippen LogP contribution is -2.28. The molecule has 0 amide bonds. The number of rotatable bonds is 2. The highest BCUT2D eigenvalue weighted by atomic mass is 35.5. The van der Waals surface area contributed by atoms with Crippen LogP contribution in [0.15, 0.2) is 18.2 Å². The molecule has 1 aromatic carbocycles. The van der Waals surface area contributed by atoms with Crippen molar-refractivity contribution in [2.45, 2.75) is 12.6 Å². The molecule has 1 aliphatic heterocycles. The van der Waals surface area contributed by atoms with E-state index >= 15 is 0 Å². The summed E-state index contributed by atoms with van der Waals surface area (Å²) in [4.78, 5) is 0. The van der Waals surface area contributed by atoms with E-state index in [1.165, 1.54) is 0 Å². The van der Waals surface area contributed by atoms with Gasteiger partial charge in [-0.15, -0.1) is 0 Å². The van der Waals surface area contributed by atoms with Gasteiger partial charge in [0.2, 0.25) is 0 Å². The van der Waals surface area contributed by atoms with Crippen molar-refractivity contribution in [3.05, 3.63) is 28.9 Å². The van der Waals surface area contributed by atoms with Gasteiger partial charge in [0, 0.05) is 17.0 Å². The second-order valence-corrected chi connectivity index (χ2v) is 4.62. The summed E-state index contributed by atoms with van der Waals surface area (Å²) in [7, 11) is 1.92. The Balaban J connectivity index is 2.18. The van der Waals surface area contributed by atoms with Crippen LogP contribution in [-0.2, 0) is 11.3 Å². The monoisotopic (exact) mass is 251 g/mol. The minimum atomic E-state index is 0.0530. The third-order valence-electron chi connectivity index (χ3n) is 3.06. The summed E-state index contributed by atoms with van der Waals surface area (Å²) in [5.74, 6) is 0. The van der Waals surface area contributed by atoms with Gasteiger partial charge in [-0.2, -0.15) is 5.10 Å². The first-order valence-electron chi connectivity index (χ1n) is 5.72. The number of hydrogen-bond acceptors (Lipinski definition) is 3. The molecule has 1 unspecified atom stereocenters. The molecular weight excluding hydrogens is 238 g/mol. The van der Waals surface area contributed by atoms with Gasteiger partial charge in [-0.3, -0.25) is 4.68 Å². The fourth-order valence-electron chi connectivity index (χ4n) is 2.34. The Kier molecular flexibility index (Phi) is 2.78. The summed E-state index contributed by atoms with van der Waals surface area (Å²) in [6.45, 7) is 2.30. The van der Waals surface area contributed by atoms with Gasteiger partial charge < -0.3 is 10.1 Å². The minimum absolute atomic E-state index is 0.0530. The van der Waals surface area contributed by atoms with Crippen LogP contribution in [0.1, 0.15) is 11.8 Å². The summed E-state index contributed by atoms with van der Waals surface area (Å²) in [5, 5.41) is 9.56. The van der Waals surface area contributed by atoms with Crippen molar-refractivity contribution in [3.8, 4) is 0 Å². The maximum atomic E-state index is 6.05. The Morgan fingerprint density at radius 1 is 1.59 bits per heavy atom. The predicted octanol–water partition coefficient (Wildman–Crippen LogP) is 1.98. The number of fused-ring (bicyclic) bond motifs is 3. The predicted molar refractivity (Wildman–Crippen MR) is 67.4 cm³/mol. The number of aromatic nitrogens is 2. The van der Waals surface area contributed by atoms with Crippen molar-refractivity contribution < 1.29 is 4.74 Å². The number of hydrogen-bond donors (Lipinski definition) is 1. The van der Waals surface area contributed by atoms with E-state index in [1.54, 1.807) is 0 Å². The molecule has 5 heteroatoms. The van der Waals surface area contributed by atoms with Crippen molar-refractivity contribution in [3.63, 3.8) is 0 Å². The van der Waals surface area contributed by atoms with Crippen LogP contribution in [0.2, 0.25) is 5.02 Å². The van der Waals surface area contributed by atoms with Crippen molar-refractivity contribution in [2.24, 2.45) is 0 Å². The highest BCUT2D eigenvalue weighted by molar-refractivity contribution is 6.31. The number of likely N-dealkylation sites (N-methyl/N-ethyl adjacent to an activating group) is 1. The third kappa shape index (κ3) is 1.82. The molecule has 0 saturated heterocycles. The Bertz CT molecular complexity index is 552. The van der Waals surface area contributed by atoms with Crippen LogP contribution in [0, 0.1) is 0 Å². The molecule has 0 saturated carbocycles. The fraction of sp³-hybridized carbons (Fsp3) is 0.417. The Hall–Kier alpha value is -1.10. The molecule has 3 rings (SSSR count). The Labute approximate surface area is 105 Å². The molecule has 17 heavy (non-hydrogen) atoms. The smallest absolute Gasteiger partial charge is 0.112 e. The van der Waals surface area contributed by atoms with Crippen molar-refractivity contribution in [2.75, 3.05) is 20.2 Å². The fourth-order valence-corrected chi connectivity index (χ4v) is 2.51. The number of nitrogens with zero attached hydrogens (tertiary/aromatic N) is 2. The maximum absolute atomic E-state index is 6.05. The van der Waals surface area contributed by atoms with Crippen LogP contribution in [-0.4, -0.2) is 30.0 Å². The number of nitrogens with one attached hydrogen (secondary N) is 1. The summed E-state index contributed by atoms with van der Waals surface area (Å²) < 4.78 is 7.82. The lowest BCUT2D eigenvalue weighted by Gasteiger charge is -2.24. The molecule has 1 aromatic heterocycles. The number of ether oxygens (including phenoxy) is 1. The quantitative estimate of drug-likeness (QED) is 0.887. The van der Waals surface area contributed by atoms with E-state index in [0.29, 0.717) is 6.61 Å². The molecule has 1 aliphatic rings. The zero-order chi connectivity index (χ0) is 11.8. The summed E-state index contributed by atoms with van der Waals surface area (Å²) >= 11 is 6.05. The van der Waals surface area contributed by atoms with Crippen LogP contribution < -0.4 is 5.32 Å². The second-order valence-electron chi connectivity index (χ2n) is 4.19. The van der Waals surface area contributed by atoms with Crippen LogP contribution >= 0.6 is 11.6 Å². The van der Waals surface area contributed by atoms with E-state index in [-0.39, 0.29) is 6.10 Å². The van der Waals surface area contributed by atoms with E-state index in [2.05, 4.69) is 10.4 Å². The first-order chi connectivity index (χ1) is 8.29. The van der Waals surface area contributed by atoms with Gasteiger partial charge >= 0.3 is 0 Å². The Morgan fingerprint density at radius 3 is 3.29 bits per heavy atom. The molecule has 0 spiro atoms. The zero-order valence-corrected chi connectivity index (χ0v) is 10.4. The number of benzene rings is 1. The standard InChI is InChI=1S/C12H14ClN3O/c1-14-7-11-12-9-6-8(13)2-3-10(9)15-16(12)4-5-17-11/h2-3,6,11,14H,4-5,7H2,1H3. The molecule has 4 nitrogen and oxygen atoms in total. The topological polar surface area (TPSA) is 39.1 Å². The van der Waals surface area contributed by atoms with E-state index in [9.17, 15) is 0 Å². The molecular formula is C12H14ClN3O. The lowest BCUT2D eigenvalue weighted by molar-refractivity contribution is 0.0195. The van der Waals surface area contributed by atoms with E-state index < -0.39 is 0 Å². The summed E-state index contributed by atoms with van der Waals surface area (Å²) in [5.41, 5.74) is 2.11. The number of halogens is 1. The first-order valence-corrected chi connectivity index (χ1v) is 6.09. The normalized spacial score (nSPS) is 19.5. The van der Waals surface area contributed by atoms with Gasteiger partial charge in [-0.05, 0) is 25.2 Å². The lowest BCUT2D eigenvalue weighted by atomic mass is 10.1. The molecule has 0 bridgehead atoms. The Morgan fingerprint density at radius 2 is 2.47 bits per heavy atom. The van der Waals surface area contributed by atoms with E-state index in [1.807, 2.05) is 29.9 Å². The van der Waals surface area contributed by atoms with Crippen LogP contribution in [0.5, 0.6) is 0 Å². The van der Waals surface area contributed by atoms with Gasteiger partial charge in [0.1, 0.15) is 6.10 Å². The third-order valence-corrected chi connectivity index (χ3v) is 3.29. The molecule has 0 radical (unpaired) electrons. The molecule has 2 aromatic rings. The van der Waals surface area contributed by atoms with Crippen LogP contribution in [0.3, 0.4) is 0 Å². The molecule has 0 aliphatic carbocycles. The molecule has 1 N–H and O–H groups in total. The van der Waals surface area contributed by atoms with E-state index in [4.69, 9.17) is 16.3 Å². The van der Waals surface area contributed by atoms with Crippen molar-refractivity contribution in [1.82, 2.24) is 15.1 Å². The highest BCUT2D eigenvalue weighted by Gasteiger charge is 2.24. The average Bonchev–Trinajstić information content (AvgIpc) is 2.68. The first kappa shape index (κ1) is 11.0. The van der Waals surface area contributed by atoms with Gasteiger partial charge in [-0.1, -0.05) is 11.6 Å². The molecule has 2 heterocycles. The van der Waals surface area contributed by atoms with Crippen LogP contribution in [0.4, 0.5) is 0 Å². The van der Waals surface area contributed by atoms with Gasteiger partial charge in [0.05, 0.1) is 24.4 Å². The van der Waals surface area contributed by atoms with Gasteiger partial charge in [0.15, 0.2) is 0 Å². The maximum Gasteiger partial charge on any atom is 0.112 e. The average molecular weight is 252 g/mol. The van der Waals surface area contributed by atoms with Gasteiger partial charge in [0.25, 0.3) is 0 Å². The molecule has 1 atom stereocenters. The largest absolute Gasteiger partial charge is 0.369 e.